The number of thiazole rings is 1. The number of aromatic nitrogens is 1. The number of halogens is 1. The van der Waals surface area contributed by atoms with Crippen molar-refractivity contribution in [3.05, 3.63) is 92.9 Å². The van der Waals surface area contributed by atoms with Crippen LogP contribution >= 0.6 is 27.3 Å². The minimum absolute atomic E-state index is 0.0229. The summed E-state index contributed by atoms with van der Waals surface area (Å²) in [6, 6.07) is 12.8. The number of carbonyl (C=O) groups is 3. The monoisotopic (exact) mass is 596 g/mol. The Bertz CT molecular complexity index is 1450. The van der Waals surface area contributed by atoms with Crippen molar-refractivity contribution < 1.29 is 29.0 Å². The number of anilines is 1. The minimum atomic E-state index is -0.990. The Morgan fingerprint density at radius 1 is 1.24 bits per heavy atom. The first-order valence-electron chi connectivity index (χ1n) is 11.8. The van der Waals surface area contributed by atoms with E-state index in [0.717, 1.165) is 22.2 Å². The minimum Gasteiger partial charge on any atom is -0.507 e. The van der Waals surface area contributed by atoms with Crippen molar-refractivity contribution in [1.29, 1.82) is 0 Å². The Morgan fingerprint density at radius 3 is 2.71 bits per heavy atom. The smallest absolute Gasteiger partial charge is 0.350 e. The number of hydrogen-bond donors (Lipinski definition) is 1. The summed E-state index contributed by atoms with van der Waals surface area (Å²) in [5.41, 5.74) is 1.17. The number of ether oxygens (including phenoxy) is 2. The van der Waals surface area contributed by atoms with Gasteiger partial charge in [-0.25, -0.2) is 9.78 Å². The van der Waals surface area contributed by atoms with E-state index < -0.39 is 23.7 Å². The fourth-order valence-corrected chi connectivity index (χ4v) is 5.41. The Kier molecular flexibility index (Phi) is 8.43. The third-order valence-electron chi connectivity index (χ3n) is 5.70. The Balaban J connectivity index is 1.86. The molecule has 0 bridgehead atoms. The number of hydrogen-bond acceptors (Lipinski definition) is 8. The highest BCUT2D eigenvalue weighted by atomic mass is 79.9. The van der Waals surface area contributed by atoms with Gasteiger partial charge in [-0.2, -0.15) is 0 Å². The molecule has 1 aliphatic rings. The van der Waals surface area contributed by atoms with Crippen LogP contribution in [-0.4, -0.2) is 41.0 Å². The van der Waals surface area contributed by atoms with E-state index in [-0.39, 0.29) is 27.9 Å². The molecule has 3 aromatic rings. The largest absolute Gasteiger partial charge is 0.507 e. The lowest BCUT2D eigenvalue weighted by Gasteiger charge is -2.23. The molecule has 0 spiro atoms. The molecule has 0 radical (unpaired) electrons. The number of amides is 1. The number of esters is 1. The van der Waals surface area contributed by atoms with Crippen molar-refractivity contribution in [2.45, 2.75) is 26.3 Å². The van der Waals surface area contributed by atoms with Gasteiger partial charge < -0.3 is 14.6 Å². The Morgan fingerprint density at radius 2 is 2.00 bits per heavy atom. The zero-order chi connectivity index (χ0) is 27.4. The highest BCUT2D eigenvalue weighted by Gasteiger charge is 2.48. The molecule has 8 nitrogen and oxygen atoms in total. The third-order valence-corrected chi connectivity index (χ3v) is 7.33. The number of aliphatic hydroxyl groups excluding tert-OH is 1. The predicted molar refractivity (Wildman–Crippen MR) is 148 cm³/mol. The molecular weight excluding hydrogens is 572 g/mol. The molecule has 1 aliphatic heterocycles. The molecule has 4 rings (SSSR count). The maximum atomic E-state index is 13.4. The first-order valence-corrected chi connectivity index (χ1v) is 13.4. The van der Waals surface area contributed by atoms with Crippen LogP contribution in [0.1, 0.15) is 45.9 Å². The lowest BCUT2D eigenvalue weighted by molar-refractivity contribution is -0.132. The van der Waals surface area contributed by atoms with Gasteiger partial charge in [0, 0.05) is 10.0 Å². The zero-order valence-corrected chi connectivity index (χ0v) is 23.2. The van der Waals surface area contributed by atoms with Gasteiger partial charge in [0.15, 0.2) is 5.13 Å². The van der Waals surface area contributed by atoms with Gasteiger partial charge in [-0.05, 0) is 43.2 Å². The molecule has 196 valence electrons. The number of aliphatic hydroxyl groups is 1. The van der Waals surface area contributed by atoms with Crippen molar-refractivity contribution in [2.24, 2.45) is 0 Å². The highest BCUT2D eigenvalue weighted by Crippen LogP contribution is 2.44. The second-order valence-electron chi connectivity index (χ2n) is 8.40. The van der Waals surface area contributed by atoms with Crippen molar-refractivity contribution in [1.82, 2.24) is 4.98 Å². The van der Waals surface area contributed by atoms with Gasteiger partial charge in [-0.1, -0.05) is 71.1 Å². The quantitative estimate of drug-likeness (QED) is 0.107. The Labute approximate surface area is 232 Å². The topological polar surface area (TPSA) is 106 Å². The first-order chi connectivity index (χ1) is 18.3. The van der Waals surface area contributed by atoms with Gasteiger partial charge in [0.1, 0.15) is 23.0 Å². The van der Waals surface area contributed by atoms with E-state index in [9.17, 15) is 19.5 Å². The van der Waals surface area contributed by atoms with Crippen LogP contribution in [0.5, 0.6) is 5.75 Å². The SMILES string of the molecule is C=CCOC(=O)c1sc(N2C(=O)C(=O)C(=C(O)c3cccc(OCCC)c3)C2c2cccc(Br)c2)nc1C. The third kappa shape index (κ3) is 5.41. The molecule has 1 N–H and O–H groups in total. The summed E-state index contributed by atoms with van der Waals surface area (Å²) in [6.07, 6.45) is 2.25. The molecule has 0 saturated carbocycles. The van der Waals surface area contributed by atoms with Crippen LogP contribution in [0.4, 0.5) is 5.13 Å². The van der Waals surface area contributed by atoms with Crippen LogP contribution < -0.4 is 9.64 Å². The molecule has 1 fully saturated rings. The highest BCUT2D eigenvalue weighted by molar-refractivity contribution is 9.10. The lowest BCUT2D eigenvalue weighted by Crippen LogP contribution is -2.29. The van der Waals surface area contributed by atoms with Gasteiger partial charge in [-0.15, -0.1) is 0 Å². The van der Waals surface area contributed by atoms with Crippen LogP contribution in [0.3, 0.4) is 0 Å². The van der Waals surface area contributed by atoms with Crippen LogP contribution in [0.15, 0.2) is 71.2 Å². The number of nitrogens with zero attached hydrogens (tertiary/aromatic N) is 2. The molecule has 1 aromatic heterocycles. The van der Waals surface area contributed by atoms with Gasteiger partial charge in [-0.3, -0.25) is 14.5 Å². The summed E-state index contributed by atoms with van der Waals surface area (Å²) in [5.74, 6) is -2.14. The van der Waals surface area contributed by atoms with E-state index in [1.54, 1.807) is 49.4 Å². The summed E-state index contributed by atoms with van der Waals surface area (Å²) in [6.45, 7) is 7.65. The lowest BCUT2D eigenvalue weighted by atomic mass is 9.95. The second-order valence-corrected chi connectivity index (χ2v) is 10.3. The zero-order valence-electron chi connectivity index (χ0n) is 20.8. The molecule has 1 unspecified atom stereocenters. The number of Topliss-reactive ketones (excluding diaryl/α,β-unsaturated/α-hetero) is 1. The van der Waals surface area contributed by atoms with E-state index in [0.29, 0.717) is 29.2 Å². The first kappa shape index (κ1) is 27.3. The molecular formula is C28H25BrN2O6S. The number of carbonyl (C=O) groups excluding carboxylic acids is 3. The van der Waals surface area contributed by atoms with E-state index in [2.05, 4.69) is 27.5 Å². The van der Waals surface area contributed by atoms with Gasteiger partial charge in [0.25, 0.3) is 5.78 Å². The van der Waals surface area contributed by atoms with Crippen LogP contribution in [0, 0.1) is 6.92 Å². The molecule has 1 amide bonds. The number of ketones is 1. The summed E-state index contributed by atoms with van der Waals surface area (Å²) < 4.78 is 11.5. The maximum Gasteiger partial charge on any atom is 0.350 e. The molecule has 2 aromatic carbocycles. The molecule has 2 heterocycles. The number of rotatable bonds is 9. The summed E-state index contributed by atoms with van der Waals surface area (Å²) in [4.78, 5) is 45.2. The summed E-state index contributed by atoms with van der Waals surface area (Å²) >= 11 is 4.39. The average Bonchev–Trinajstić information content (AvgIpc) is 3.42. The molecule has 0 aliphatic carbocycles. The fourth-order valence-electron chi connectivity index (χ4n) is 4.01. The molecule has 38 heavy (non-hydrogen) atoms. The molecule has 10 heteroatoms. The Hall–Kier alpha value is -3.76. The van der Waals surface area contributed by atoms with Crippen LogP contribution in [-0.2, 0) is 14.3 Å². The van der Waals surface area contributed by atoms with Crippen molar-refractivity contribution in [3.63, 3.8) is 0 Å². The average molecular weight is 597 g/mol. The molecule has 1 saturated heterocycles. The van der Waals surface area contributed by atoms with Crippen LogP contribution in [0.2, 0.25) is 0 Å². The second kappa shape index (κ2) is 11.7. The van der Waals surface area contributed by atoms with Crippen molar-refractivity contribution in [3.8, 4) is 5.75 Å². The number of benzene rings is 2. The number of aryl methyl sites for hydroxylation is 1. The standard InChI is InChI=1S/C28H25BrN2O6S/c1-4-12-36-20-11-7-9-18(15-20)23(32)21-22(17-8-6-10-19(29)14-17)31(26(34)24(21)33)28-30-16(3)25(38-28)27(35)37-13-5-2/h5-11,14-15,22,32H,2,4,12-13H2,1,3H3. The normalized spacial score (nSPS) is 16.5. The van der Waals surface area contributed by atoms with E-state index in [1.807, 2.05) is 13.0 Å². The van der Waals surface area contributed by atoms with Gasteiger partial charge in [0.05, 0.1) is 23.9 Å². The van der Waals surface area contributed by atoms with E-state index in [4.69, 9.17) is 9.47 Å². The van der Waals surface area contributed by atoms with Gasteiger partial charge >= 0.3 is 11.9 Å². The van der Waals surface area contributed by atoms with Crippen molar-refractivity contribution in [2.75, 3.05) is 18.1 Å². The van der Waals surface area contributed by atoms with E-state index >= 15 is 0 Å². The summed E-state index contributed by atoms with van der Waals surface area (Å²) in [7, 11) is 0. The predicted octanol–water partition coefficient (Wildman–Crippen LogP) is 5.97. The van der Waals surface area contributed by atoms with Crippen LogP contribution in [0.25, 0.3) is 5.76 Å². The summed E-state index contributed by atoms with van der Waals surface area (Å²) in [5, 5.41) is 11.5. The maximum absolute atomic E-state index is 13.4. The fraction of sp³-hybridized carbons (Fsp3) is 0.214. The van der Waals surface area contributed by atoms with E-state index in [1.165, 1.54) is 11.0 Å². The van der Waals surface area contributed by atoms with Gasteiger partial charge in [0.2, 0.25) is 0 Å². The van der Waals surface area contributed by atoms with Crippen molar-refractivity contribution >= 4 is 55.8 Å². The molecule has 1 atom stereocenters.